The van der Waals surface area contributed by atoms with Crippen LogP contribution in [0.15, 0.2) is 6.07 Å². The number of thiophene rings is 1. The number of aryl methyl sites for hydroxylation is 1. The number of nitrogens with zero attached hydrogens (tertiary/aromatic N) is 1. The first-order chi connectivity index (χ1) is 9.68. The molecule has 2 nitrogen and oxygen atoms in total. The van der Waals surface area contributed by atoms with Crippen LogP contribution in [0, 0.1) is 12.3 Å². The zero-order chi connectivity index (χ0) is 14.2. The number of fused-ring (bicyclic) bond motifs is 2. The molecular weight excluding hydrogens is 266 g/mol. The molecule has 1 fully saturated rings. The molecule has 2 aliphatic rings. The van der Waals surface area contributed by atoms with Gasteiger partial charge in [-0.15, -0.1) is 17.8 Å². The third-order valence-corrected chi connectivity index (χ3v) is 6.09. The van der Waals surface area contributed by atoms with Crippen molar-refractivity contribution in [1.82, 2.24) is 4.90 Å². The van der Waals surface area contributed by atoms with Crippen LogP contribution in [0.1, 0.15) is 42.0 Å². The fraction of sp³-hybridized carbons (Fsp3) is 0.647. The van der Waals surface area contributed by atoms with E-state index in [0.717, 1.165) is 45.4 Å². The van der Waals surface area contributed by atoms with E-state index in [4.69, 9.17) is 11.2 Å². The van der Waals surface area contributed by atoms with Gasteiger partial charge in [0.2, 0.25) is 0 Å². The zero-order valence-corrected chi connectivity index (χ0v) is 13.3. The van der Waals surface area contributed by atoms with Gasteiger partial charge in [-0.1, -0.05) is 12.8 Å². The van der Waals surface area contributed by atoms with E-state index in [1.165, 1.54) is 10.4 Å². The Bertz CT molecular complexity index is 530. The van der Waals surface area contributed by atoms with E-state index in [1.54, 1.807) is 4.88 Å². The van der Waals surface area contributed by atoms with Gasteiger partial charge in [0.15, 0.2) is 0 Å². The van der Waals surface area contributed by atoms with Crippen LogP contribution < -0.4 is 0 Å². The highest BCUT2D eigenvalue weighted by molar-refractivity contribution is 7.12. The van der Waals surface area contributed by atoms with E-state index in [-0.39, 0.29) is 5.60 Å². The molecule has 0 aliphatic carbocycles. The van der Waals surface area contributed by atoms with Crippen molar-refractivity contribution in [3.63, 3.8) is 0 Å². The van der Waals surface area contributed by atoms with E-state index < -0.39 is 0 Å². The number of hydrogen-bond donors (Lipinski definition) is 0. The van der Waals surface area contributed by atoms with Crippen LogP contribution in [0.25, 0.3) is 0 Å². The smallest absolute Gasteiger partial charge is 0.0969 e. The molecule has 0 radical (unpaired) electrons. The highest BCUT2D eigenvalue weighted by Crippen LogP contribution is 2.46. The summed E-state index contributed by atoms with van der Waals surface area (Å²) in [6, 6.07) is 2.90. The predicted octanol–water partition coefficient (Wildman–Crippen LogP) is 3.20. The molecule has 1 spiro atoms. The summed E-state index contributed by atoms with van der Waals surface area (Å²) in [6.45, 7) is 7.19. The van der Waals surface area contributed by atoms with Crippen LogP contribution in [-0.2, 0) is 23.2 Å². The number of rotatable bonds is 2. The quantitative estimate of drug-likeness (QED) is 0.775. The van der Waals surface area contributed by atoms with Crippen molar-refractivity contribution in [2.75, 3.05) is 19.7 Å². The van der Waals surface area contributed by atoms with Crippen molar-refractivity contribution < 1.29 is 4.74 Å². The summed E-state index contributed by atoms with van der Waals surface area (Å²) in [5.74, 6) is 2.78. The van der Waals surface area contributed by atoms with Gasteiger partial charge in [0.1, 0.15) is 0 Å². The number of terminal acetylenes is 1. The third-order valence-electron chi connectivity index (χ3n) is 4.75. The molecule has 20 heavy (non-hydrogen) atoms. The summed E-state index contributed by atoms with van der Waals surface area (Å²) in [5, 5.41) is 0. The number of likely N-dealkylation sites (tertiary alicyclic amines) is 1. The fourth-order valence-corrected chi connectivity index (χ4v) is 4.81. The molecule has 0 bridgehead atoms. The fourth-order valence-electron chi connectivity index (χ4n) is 3.63. The molecule has 108 valence electrons. The van der Waals surface area contributed by atoms with Crippen LogP contribution in [0.3, 0.4) is 0 Å². The van der Waals surface area contributed by atoms with Crippen LogP contribution in [-0.4, -0.2) is 30.6 Å². The Balaban J connectivity index is 1.88. The molecule has 1 aromatic rings. The first-order valence-electron chi connectivity index (χ1n) is 7.62. The van der Waals surface area contributed by atoms with Gasteiger partial charge in [-0.3, -0.25) is 4.90 Å². The summed E-state index contributed by atoms with van der Waals surface area (Å²) >= 11 is 1.99. The van der Waals surface area contributed by atoms with Gasteiger partial charge >= 0.3 is 0 Å². The highest BCUT2D eigenvalue weighted by Gasteiger charge is 2.44. The lowest BCUT2D eigenvalue weighted by atomic mass is 9.79. The van der Waals surface area contributed by atoms with Crippen molar-refractivity contribution >= 4 is 11.3 Å². The summed E-state index contributed by atoms with van der Waals surface area (Å²) in [5.41, 5.74) is 1.44. The normalized spacial score (nSPS) is 30.1. The summed E-state index contributed by atoms with van der Waals surface area (Å²) in [4.78, 5) is 5.46. The maximum absolute atomic E-state index is 6.32. The summed E-state index contributed by atoms with van der Waals surface area (Å²) in [7, 11) is 0. The van der Waals surface area contributed by atoms with Gasteiger partial charge in [-0.25, -0.2) is 0 Å². The zero-order valence-electron chi connectivity index (χ0n) is 12.4. The number of ether oxygens (including phenoxy) is 1. The molecule has 2 aliphatic heterocycles. The molecule has 1 aromatic heterocycles. The van der Waals surface area contributed by atoms with Crippen LogP contribution in [0.5, 0.6) is 0 Å². The molecule has 0 unspecified atom stereocenters. The van der Waals surface area contributed by atoms with Crippen LogP contribution in [0.4, 0.5) is 0 Å². The average Bonchev–Trinajstić information content (AvgIpc) is 2.87. The first kappa shape index (κ1) is 14.1. The SMILES string of the molecule is C#CCN1CC[C@]2(C[C@H]1C)OCCc1sc(CC)cc12. The third kappa shape index (κ3) is 2.30. The van der Waals surface area contributed by atoms with Gasteiger partial charge in [0.25, 0.3) is 0 Å². The molecule has 1 saturated heterocycles. The van der Waals surface area contributed by atoms with E-state index in [2.05, 4.69) is 30.7 Å². The van der Waals surface area contributed by atoms with Gasteiger partial charge in [-0.2, -0.15) is 0 Å². The maximum Gasteiger partial charge on any atom is 0.0969 e. The van der Waals surface area contributed by atoms with Gasteiger partial charge < -0.3 is 4.74 Å². The molecule has 3 heteroatoms. The second-order valence-electron chi connectivity index (χ2n) is 5.97. The minimum Gasteiger partial charge on any atom is -0.370 e. The Labute approximate surface area is 126 Å². The van der Waals surface area contributed by atoms with Crippen molar-refractivity contribution in [3.05, 3.63) is 21.4 Å². The van der Waals surface area contributed by atoms with Crippen molar-refractivity contribution in [1.29, 1.82) is 0 Å². The van der Waals surface area contributed by atoms with Gasteiger partial charge in [0.05, 0.1) is 18.8 Å². The van der Waals surface area contributed by atoms with E-state index in [9.17, 15) is 0 Å². The average molecular weight is 289 g/mol. The topological polar surface area (TPSA) is 12.5 Å². The maximum atomic E-state index is 6.32. The van der Waals surface area contributed by atoms with Crippen molar-refractivity contribution in [3.8, 4) is 12.3 Å². The Hall–Kier alpha value is -0.820. The van der Waals surface area contributed by atoms with E-state index in [1.807, 2.05) is 11.3 Å². The van der Waals surface area contributed by atoms with E-state index >= 15 is 0 Å². The van der Waals surface area contributed by atoms with Crippen molar-refractivity contribution in [2.24, 2.45) is 0 Å². The monoisotopic (exact) mass is 289 g/mol. The molecule has 2 atom stereocenters. The predicted molar refractivity (Wildman–Crippen MR) is 84.1 cm³/mol. The van der Waals surface area contributed by atoms with Crippen LogP contribution >= 0.6 is 11.3 Å². The van der Waals surface area contributed by atoms with Gasteiger partial charge in [0, 0.05) is 28.8 Å². The van der Waals surface area contributed by atoms with Gasteiger partial charge in [-0.05, 0) is 37.8 Å². The molecule has 0 amide bonds. The Kier molecular flexibility index (Phi) is 3.90. The Morgan fingerprint density at radius 2 is 2.45 bits per heavy atom. The lowest BCUT2D eigenvalue weighted by Crippen LogP contribution is -2.50. The Morgan fingerprint density at radius 3 is 3.15 bits per heavy atom. The lowest BCUT2D eigenvalue weighted by Gasteiger charge is -2.46. The molecular formula is C17H23NOS. The molecule has 0 saturated carbocycles. The van der Waals surface area contributed by atoms with Crippen molar-refractivity contribution in [2.45, 2.75) is 51.2 Å². The molecule has 0 N–H and O–H groups in total. The second kappa shape index (κ2) is 5.52. The number of hydrogen-bond acceptors (Lipinski definition) is 3. The van der Waals surface area contributed by atoms with E-state index in [0.29, 0.717) is 6.04 Å². The molecule has 3 rings (SSSR count). The number of piperidine rings is 1. The first-order valence-corrected chi connectivity index (χ1v) is 8.43. The largest absolute Gasteiger partial charge is 0.370 e. The highest BCUT2D eigenvalue weighted by atomic mass is 32.1. The van der Waals surface area contributed by atoms with Crippen LogP contribution in [0.2, 0.25) is 0 Å². The molecule has 3 heterocycles. The lowest BCUT2D eigenvalue weighted by molar-refractivity contribution is -0.109. The minimum atomic E-state index is -0.0397. The minimum absolute atomic E-state index is 0.0397. The summed E-state index contributed by atoms with van der Waals surface area (Å²) < 4.78 is 6.32. The molecule has 0 aromatic carbocycles. The second-order valence-corrected chi connectivity index (χ2v) is 7.19. The summed E-state index contributed by atoms with van der Waals surface area (Å²) in [6.07, 6.45) is 9.83. The standard InChI is InChI=1S/C17H23NOS/c1-4-8-18-9-7-17(12-13(18)3)15-11-14(5-2)20-16(15)6-10-19-17/h1,11,13H,5-10,12H2,2-3H3/t13-,17-/m1/s1. The Morgan fingerprint density at radius 1 is 1.60 bits per heavy atom.